The van der Waals surface area contributed by atoms with E-state index in [0.717, 1.165) is 68.6 Å². The van der Waals surface area contributed by atoms with E-state index < -0.39 is 5.54 Å². The second-order valence-corrected chi connectivity index (χ2v) is 17.9. The number of aromatic amines is 2. The van der Waals surface area contributed by atoms with Crippen LogP contribution in [0.5, 0.6) is 0 Å². The van der Waals surface area contributed by atoms with E-state index in [1.165, 1.54) is 12.7 Å². The van der Waals surface area contributed by atoms with Crippen LogP contribution >= 0.6 is 11.6 Å². The summed E-state index contributed by atoms with van der Waals surface area (Å²) in [6.07, 6.45) is 10.6. The molecule has 0 saturated heterocycles. The number of rotatable bonds is 5. The van der Waals surface area contributed by atoms with Crippen LogP contribution in [-0.2, 0) is 35.4 Å². The number of hydrogen-bond donors (Lipinski definition) is 4. The fourth-order valence-electron chi connectivity index (χ4n) is 10.5. The second-order valence-electron chi connectivity index (χ2n) is 17.5. The van der Waals surface area contributed by atoms with Gasteiger partial charge in [-0.3, -0.25) is 14.6 Å². The lowest BCUT2D eigenvalue weighted by molar-refractivity contribution is -0.131. The van der Waals surface area contributed by atoms with Gasteiger partial charge in [0.2, 0.25) is 5.91 Å². The zero-order valence-corrected chi connectivity index (χ0v) is 35.3. The molecule has 17 nitrogen and oxygen atoms in total. The number of H-pyrrole nitrogens is 2. The van der Waals surface area contributed by atoms with Crippen LogP contribution in [-0.4, -0.2) is 88.7 Å². The first-order chi connectivity index (χ1) is 30.4. The lowest BCUT2D eigenvalue weighted by atomic mass is 9.89. The quantitative estimate of drug-likeness (QED) is 0.151. The van der Waals surface area contributed by atoms with Gasteiger partial charge in [-0.15, -0.1) is 0 Å². The molecular weight excluding hydrogens is 818 g/mol. The first-order valence-electron chi connectivity index (χ1n) is 20.8. The van der Waals surface area contributed by atoms with E-state index >= 15 is 0 Å². The largest absolute Gasteiger partial charge is 0.383 e. The Morgan fingerprint density at radius 1 is 0.810 bits per heavy atom. The monoisotopic (exact) mass is 857 g/mol. The van der Waals surface area contributed by atoms with Crippen LogP contribution in [0.1, 0.15) is 59.7 Å². The number of carbonyl (C=O) groups is 2. The van der Waals surface area contributed by atoms with Crippen LogP contribution in [0.4, 0.5) is 11.6 Å². The number of nitrogens with two attached hydrogens (primary N) is 2. The number of aryl methyl sites for hydroxylation is 1. The van der Waals surface area contributed by atoms with Crippen molar-refractivity contribution < 1.29 is 9.59 Å². The number of amides is 2. The second kappa shape index (κ2) is 13.1. The van der Waals surface area contributed by atoms with Crippen molar-refractivity contribution >= 4 is 79.2 Å². The van der Waals surface area contributed by atoms with Crippen molar-refractivity contribution in [3.8, 4) is 22.5 Å². The Bertz CT molecular complexity index is 3450. The summed E-state index contributed by atoms with van der Waals surface area (Å²) in [5, 5.41) is 3.51. The van der Waals surface area contributed by atoms with Crippen molar-refractivity contribution in [1.82, 2.24) is 63.8 Å². The molecule has 2 aliphatic heterocycles. The van der Waals surface area contributed by atoms with Crippen molar-refractivity contribution in [3.63, 3.8) is 0 Å². The standard InChI is InChI=1S/C45H40ClN15O2/c1-22-11-25(6-10-49-22)43(63)59-17-30-32(36-35(46)27-5-4-9-50-40(27)57-36)34-38(48)53-20-54-41(34)60(30)44(3,18-59)14-24-12-26-13-28(56-39(26)51-15-24)31-29-16-58(23(2)62)19-45(7-8-45)61(29)42-33(31)37(47)52-21-55-42/h4-6,9-13,15,20-21H,7-8,14,16-19H2,1-3H3,(H,50,57)(H,51,56)(H2,47,52,55)(H2,48,53,54). The maximum absolute atomic E-state index is 14.6. The van der Waals surface area contributed by atoms with Crippen LogP contribution in [0, 0.1) is 6.92 Å². The minimum atomic E-state index is -0.786. The van der Waals surface area contributed by atoms with Gasteiger partial charge < -0.3 is 40.4 Å². The van der Waals surface area contributed by atoms with Gasteiger partial charge in [0.1, 0.15) is 46.9 Å². The normalized spacial score (nSPS) is 17.9. The predicted octanol–water partition coefficient (Wildman–Crippen LogP) is 6.25. The molecule has 2 amide bonds. The molecule has 0 radical (unpaired) electrons. The number of hydrogen-bond acceptors (Lipinski definition) is 11. The molecule has 1 aliphatic carbocycles. The number of carbonyl (C=O) groups excluding carboxylic acids is 2. The van der Waals surface area contributed by atoms with Gasteiger partial charge in [-0.1, -0.05) is 11.6 Å². The van der Waals surface area contributed by atoms with Crippen molar-refractivity contribution in [1.29, 1.82) is 0 Å². The number of fused-ring (bicyclic) bond motifs is 9. The van der Waals surface area contributed by atoms with Crippen LogP contribution in [0.3, 0.4) is 0 Å². The van der Waals surface area contributed by atoms with E-state index in [9.17, 15) is 9.59 Å². The molecule has 9 aromatic rings. The number of aromatic nitrogens is 11. The smallest absolute Gasteiger partial charge is 0.254 e. The Kier molecular flexibility index (Phi) is 7.75. The van der Waals surface area contributed by atoms with E-state index in [1.807, 2.05) is 41.1 Å². The summed E-state index contributed by atoms with van der Waals surface area (Å²) in [4.78, 5) is 70.6. The first kappa shape index (κ1) is 37.4. The molecule has 1 spiro atoms. The van der Waals surface area contributed by atoms with Crippen LogP contribution in [0.15, 0.2) is 67.6 Å². The first-order valence-corrected chi connectivity index (χ1v) is 21.2. The van der Waals surface area contributed by atoms with Gasteiger partial charge in [-0.05, 0) is 75.1 Å². The molecule has 1 atom stereocenters. The van der Waals surface area contributed by atoms with Crippen molar-refractivity contribution in [2.45, 2.75) is 64.2 Å². The Hall–Kier alpha value is -7.40. The molecule has 0 bridgehead atoms. The highest BCUT2D eigenvalue weighted by molar-refractivity contribution is 6.38. The highest BCUT2D eigenvalue weighted by Gasteiger charge is 2.52. The van der Waals surface area contributed by atoms with Crippen molar-refractivity contribution in [2.24, 2.45) is 0 Å². The molecule has 1 saturated carbocycles. The molecule has 0 aromatic carbocycles. The number of halogens is 1. The van der Waals surface area contributed by atoms with Gasteiger partial charge in [0.25, 0.3) is 5.91 Å². The highest BCUT2D eigenvalue weighted by atomic mass is 35.5. The summed E-state index contributed by atoms with van der Waals surface area (Å²) in [5.41, 5.74) is 22.1. The average molecular weight is 858 g/mol. The van der Waals surface area contributed by atoms with Gasteiger partial charge in [0.05, 0.1) is 51.4 Å². The average Bonchev–Trinajstić information content (AvgIpc) is 3.53. The molecule has 1 fully saturated rings. The zero-order valence-electron chi connectivity index (χ0n) is 34.6. The van der Waals surface area contributed by atoms with Crippen LogP contribution in [0.2, 0.25) is 5.02 Å². The van der Waals surface area contributed by atoms with E-state index in [0.29, 0.717) is 76.0 Å². The molecule has 9 aromatic heterocycles. The Morgan fingerprint density at radius 3 is 2.27 bits per heavy atom. The zero-order chi connectivity index (χ0) is 43.1. The summed E-state index contributed by atoms with van der Waals surface area (Å²) < 4.78 is 4.50. The molecule has 12 rings (SSSR count). The molecule has 6 N–H and O–H groups in total. The van der Waals surface area contributed by atoms with Crippen LogP contribution < -0.4 is 11.5 Å². The molecule has 3 aliphatic rings. The van der Waals surface area contributed by atoms with Crippen LogP contribution in [0.25, 0.3) is 66.6 Å². The Morgan fingerprint density at radius 2 is 1.54 bits per heavy atom. The van der Waals surface area contributed by atoms with Gasteiger partial charge >= 0.3 is 0 Å². The lowest BCUT2D eigenvalue weighted by Crippen LogP contribution is -2.51. The fourth-order valence-corrected chi connectivity index (χ4v) is 10.8. The molecule has 11 heterocycles. The van der Waals surface area contributed by atoms with E-state index in [4.69, 9.17) is 38.0 Å². The summed E-state index contributed by atoms with van der Waals surface area (Å²) >= 11 is 7.18. The Balaban J connectivity index is 1.01. The maximum Gasteiger partial charge on any atom is 0.254 e. The van der Waals surface area contributed by atoms with Gasteiger partial charge in [0, 0.05) is 83.1 Å². The number of pyridine rings is 3. The molecule has 63 heavy (non-hydrogen) atoms. The summed E-state index contributed by atoms with van der Waals surface area (Å²) in [6.45, 7) is 7.26. The third kappa shape index (κ3) is 5.44. The van der Waals surface area contributed by atoms with Crippen molar-refractivity contribution in [3.05, 3.63) is 101 Å². The summed E-state index contributed by atoms with van der Waals surface area (Å²) in [6, 6.07) is 11.5. The number of anilines is 2. The maximum atomic E-state index is 14.6. The SMILES string of the molecule is CC(=O)N1Cc2c(-c3cc4cc(CC5(C)CN(C(=O)c6ccnc(C)c6)Cc6c(-c7[nH]c8ncccc8c7Cl)c7c(N)ncnc7n65)cnc4[nH]3)c3c(N)ncnc3n2C2(CC2)C1. The fraction of sp³-hybridized carbons (Fsp3) is 0.267. The van der Waals surface area contributed by atoms with Gasteiger partial charge in [0.15, 0.2) is 0 Å². The third-order valence-corrected chi connectivity index (χ3v) is 13.7. The minimum absolute atomic E-state index is 0.0273. The summed E-state index contributed by atoms with van der Waals surface area (Å²) in [5.74, 6) is 0.561. The van der Waals surface area contributed by atoms with E-state index in [-0.39, 0.29) is 29.7 Å². The lowest BCUT2D eigenvalue weighted by Gasteiger charge is -2.43. The number of nitrogens with one attached hydrogen (secondary N) is 2. The van der Waals surface area contributed by atoms with E-state index in [2.05, 4.69) is 58.1 Å². The van der Waals surface area contributed by atoms with Gasteiger partial charge in [-0.25, -0.2) is 29.9 Å². The topological polar surface area (TPSA) is 224 Å². The highest BCUT2D eigenvalue weighted by Crippen LogP contribution is 2.53. The van der Waals surface area contributed by atoms with E-state index in [1.54, 1.807) is 25.4 Å². The molecule has 18 heteroatoms. The number of nitrogens with zero attached hydrogens (tertiary/aromatic N) is 11. The minimum Gasteiger partial charge on any atom is -0.383 e. The van der Waals surface area contributed by atoms with Gasteiger partial charge in [-0.2, -0.15) is 0 Å². The third-order valence-electron chi connectivity index (χ3n) is 13.3. The molecular formula is C45H40ClN15O2. The molecule has 314 valence electrons. The summed E-state index contributed by atoms with van der Waals surface area (Å²) in [7, 11) is 0. The van der Waals surface area contributed by atoms with Crippen molar-refractivity contribution in [2.75, 3.05) is 24.6 Å². The molecule has 1 unspecified atom stereocenters. The Labute approximate surface area is 363 Å². The number of nitrogen functional groups attached to an aromatic ring is 2. The predicted molar refractivity (Wildman–Crippen MR) is 238 cm³/mol.